The highest BCUT2D eigenvalue weighted by molar-refractivity contribution is 6.31. The lowest BCUT2D eigenvalue weighted by Gasteiger charge is -2.42. The molecule has 1 heterocycles. The van der Waals surface area contributed by atoms with E-state index in [1.54, 1.807) is 7.11 Å². The van der Waals surface area contributed by atoms with Gasteiger partial charge in [-0.1, -0.05) is 36.7 Å². The molecule has 1 saturated heterocycles. The molecule has 1 aliphatic rings. The largest absolute Gasteiger partial charge is 0.384 e. The average molecular weight is 254 g/mol. The second-order valence-electron chi connectivity index (χ2n) is 5.12. The van der Waals surface area contributed by atoms with Crippen LogP contribution in [0.4, 0.5) is 0 Å². The summed E-state index contributed by atoms with van der Waals surface area (Å²) in [5, 5.41) is 4.32. The van der Waals surface area contributed by atoms with Crippen LogP contribution in [-0.2, 0) is 4.74 Å². The first-order valence-electron chi connectivity index (χ1n) is 6.11. The molecule has 1 fully saturated rings. The molecule has 0 bridgehead atoms. The number of nitrogens with one attached hydrogen (secondary N) is 1. The summed E-state index contributed by atoms with van der Waals surface area (Å²) in [4.78, 5) is 0. The van der Waals surface area contributed by atoms with Gasteiger partial charge in [-0.2, -0.15) is 0 Å². The van der Waals surface area contributed by atoms with E-state index < -0.39 is 0 Å². The summed E-state index contributed by atoms with van der Waals surface area (Å²) in [6, 6.07) is 8.14. The van der Waals surface area contributed by atoms with Crippen molar-refractivity contribution in [3.63, 3.8) is 0 Å². The summed E-state index contributed by atoms with van der Waals surface area (Å²) < 4.78 is 5.41. The first kappa shape index (κ1) is 12.9. The molecule has 2 atom stereocenters. The molecule has 0 saturated carbocycles. The van der Waals surface area contributed by atoms with Crippen molar-refractivity contribution in [2.45, 2.75) is 19.3 Å². The molecule has 2 nitrogen and oxygen atoms in total. The van der Waals surface area contributed by atoms with Gasteiger partial charge < -0.3 is 10.1 Å². The van der Waals surface area contributed by atoms with Gasteiger partial charge in [0.2, 0.25) is 0 Å². The number of benzene rings is 1. The van der Waals surface area contributed by atoms with Gasteiger partial charge in [-0.3, -0.25) is 0 Å². The van der Waals surface area contributed by atoms with E-state index in [2.05, 4.69) is 24.4 Å². The molecule has 17 heavy (non-hydrogen) atoms. The van der Waals surface area contributed by atoms with E-state index in [0.717, 1.165) is 31.1 Å². The molecular formula is C14H20ClNO. The fourth-order valence-electron chi connectivity index (χ4n) is 2.79. The molecule has 1 aliphatic heterocycles. The van der Waals surface area contributed by atoms with Crippen LogP contribution in [0.2, 0.25) is 5.02 Å². The van der Waals surface area contributed by atoms with Gasteiger partial charge in [-0.05, 0) is 24.6 Å². The summed E-state index contributed by atoms with van der Waals surface area (Å²) in [5.74, 6) is 0.421. The monoisotopic (exact) mass is 253 g/mol. The van der Waals surface area contributed by atoms with Gasteiger partial charge >= 0.3 is 0 Å². The lowest BCUT2D eigenvalue weighted by Crippen LogP contribution is -2.44. The highest BCUT2D eigenvalue weighted by Gasteiger charge is 2.38. The summed E-state index contributed by atoms with van der Waals surface area (Å²) >= 11 is 6.32. The van der Waals surface area contributed by atoms with Crippen LogP contribution in [0.1, 0.15) is 24.8 Å². The standard InChI is InChI=1S/C14H20ClNO/c1-14(10-17-2)7-8-16-9-12(14)11-5-3-4-6-13(11)15/h3-6,12,16H,7-10H2,1-2H3. The van der Waals surface area contributed by atoms with E-state index >= 15 is 0 Å². The van der Waals surface area contributed by atoms with E-state index in [9.17, 15) is 0 Å². The van der Waals surface area contributed by atoms with E-state index in [0.29, 0.717) is 5.92 Å². The normalized spacial score (nSPS) is 29.2. The number of ether oxygens (including phenoxy) is 1. The Morgan fingerprint density at radius 1 is 1.47 bits per heavy atom. The van der Waals surface area contributed by atoms with Crippen molar-refractivity contribution in [2.24, 2.45) is 5.41 Å². The Kier molecular flexibility index (Phi) is 4.08. The van der Waals surface area contributed by atoms with Crippen LogP contribution in [0.15, 0.2) is 24.3 Å². The Morgan fingerprint density at radius 3 is 2.94 bits per heavy atom. The quantitative estimate of drug-likeness (QED) is 0.894. The first-order valence-corrected chi connectivity index (χ1v) is 6.49. The van der Waals surface area contributed by atoms with Gasteiger partial charge in [0.05, 0.1) is 6.61 Å². The van der Waals surface area contributed by atoms with Crippen molar-refractivity contribution >= 4 is 11.6 Å². The van der Waals surface area contributed by atoms with Crippen molar-refractivity contribution in [1.29, 1.82) is 0 Å². The Morgan fingerprint density at radius 2 is 2.24 bits per heavy atom. The molecule has 1 aromatic carbocycles. The summed E-state index contributed by atoms with van der Waals surface area (Å²) in [6.45, 7) is 5.11. The zero-order valence-electron chi connectivity index (χ0n) is 10.5. The third-order valence-corrected chi connectivity index (χ3v) is 4.16. The molecule has 0 aromatic heterocycles. The molecule has 2 rings (SSSR count). The van der Waals surface area contributed by atoms with Gasteiger partial charge in [0, 0.05) is 30.0 Å². The van der Waals surface area contributed by atoms with Crippen molar-refractivity contribution in [2.75, 3.05) is 26.8 Å². The molecule has 1 aromatic rings. The van der Waals surface area contributed by atoms with Gasteiger partial charge in [0.1, 0.15) is 0 Å². The molecule has 0 spiro atoms. The van der Waals surface area contributed by atoms with Crippen molar-refractivity contribution < 1.29 is 4.74 Å². The maximum atomic E-state index is 6.32. The minimum absolute atomic E-state index is 0.172. The van der Waals surface area contributed by atoms with E-state index in [1.165, 1.54) is 5.56 Å². The van der Waals surface area contributed by atoms with Gasteiger partial charge in [-0.25, -0.2) is 0 Å². The van der Waals surface area contributed by atoms with Crippen LogP contribution in [0.25, 0.3) is 0 Å². The third-order valence-electron chi connectivity index (χ3n) is 3.82. The van der Waals surface area contributed by atoms with Crippen molar-refractivity contribution in [1.82, 2.24) is 5.32 Å². The maximum absolute atomic E-state index is 6.32. The molecule has 0 aliphatic carbocycles. The van der Waals surface area contributed by atoms with E-state index in [1.807, 2.05) is 12.1 Å². The molecule has 1 N–H and O–H groups in total. The smallest absolute Gasteiger partial charge is 0.0522 e. The van der Waals surface area contributed by atoms with Gasteiger partial charge in [-0.15, -0.1) is 0 Å². The highest BCUT2D eigenvalue weighted by Crippen LogP contribution is 2.42. The summed E-state index contributed by atoms with van der Waals surface area (Å²) in [7, 11) is 1.77. The van der Waals surface area contributed by atoms with Crippen LogP contribution >= 0.6 is 11.6 Å². The van der Waals surface area contributed by atoms with Crippen molar-refractivity contribution in [3.05, 3.63) is 34.9 Å². The third kappa shape index (κ3) is 2.65. The Hall–Kier alpha value is -0.570. The summed E-state index contributed by atoms with van der Waals surface area (Å²) in [5.41, 5.74) is 1.41. The van der Waals surface area contributed by atoms with Gasteiger partial charge in [0.25, 0.3) is 0 Å². The number of methoxy groups -OCH3 is 1. The second kappa shape index (κ2) is 5.38. The minimum atomic E-state index is 0.172. The Bertz CT molecular complexity index is 378. The lowest BCUT2D eigenvalue weighted by atomic mass is 9.70. The van der Waals surface area contributed by atoms with Crippen LogP contribution in [0, 0.1) is 5.41 Å². The van der Waals surface area contributed by atoms with Crippen LogP contribution in [0.3, 0.4) is 0 Å². The maximum Gasteiger partial charge on any atom is 0.0522 e. The predicted octanol–water partition coefficient (Wildman–Crippen LogP) is 3.07. The SMILES string of the molecule is COCC1(C)CCNCC1c1ccccc1Cl. The molecule has 0 radical (unpaired) electrons. The number of piperidine rings is 1. The van der Waals surface area contributed by atoms with Crippen molar-refractivity contribution in [3.8, 4) is 0 Å². The summed E-state index contributed by atoms with van der Waals surface area (Å²) in [6.07, 6.45) is 1.12. The molecule has 2 unspecified atom stereocenters. The van der Waals surface area contributed by atoms with E-state index in [4.69, 9.17) is 16.3 Å². The second-order valence-corrected chi connectivity index (χ2v) is 5.52. The fourth-order valence-corrected chi connectivity index (χ4v) is 3.05. The van der Waals surface area contributed by atoms with Crippen LogP contribution in [-0.4, -0.2) is 26.8 Å². The number of hydrogen-bond acceptors (Lipinski definition) is 2. The average Bonchev–Trinajstić information content (AvgIpc) is 2.31. The Labute approximate surface area is 108 Å². The van der Waals surface area contributed by atoms with E-state index in [-0.39, 0.29) is 5.41 Å². The zero-order chi connectivity index (χ0) is 12.3. The van der Waals surface area contributed by atoms with Crippen LogP contribution in [0.5, 0.6) is 0 Å². The Balaban J connectivity index is 2.31. The molecule has 0 amide bonds. The fraction of sp³-hybridized carbons (Fsp3) is 0.571. The number of rotatable bonds is 3. The highest BCUT2D eigenvalue weighted by atomic mass is 35.5. The molecule has 3 heteroatoms. The van der Waals surface area contributed by atoms with Crippen LogP contribution < -0.4 is 5.32 Å². The zero-order valence-corrected chi connectivity index (χ0v) is 11.3. The lowest BCUT2D eigenvalue weighted by molar-refractivity contribution is 0.0509. The number of halogens is 1. The van der Waals surface area contributed by atoms with Gasteiger partial charge in [0.15, 0.2) is 0 Å². The predicted molar refractivity (Wildman–Crippen MR) is 71.7 cm³/mol. The number of hydrogen-bond donors (Lipinski definition) is 1. The topological polar surface area (TPSA) is 21.3 Å². The molecular weight excluding hydrogens is 234 g/mol. The first-order chi connectivity index (χ1) is 8.17. The minimum Gasteiger partial charge on any atom is -0.384 e. The molecule has 94 valence electrons.